The maximum absolute atomic E-state index is 12.7. The lowest BCUT2D eigenvalue weighted by molar-refractivity contribution is -0.166. The van der Waals surface area contributed by atoms with E-state index >= 15 is 0 Å². The Kier molecular flexibility index (Phi) is 45.4. The highest BCUT2D eigenvalue weighted by molar-refractivity contribution is 5.71. The predicted octanol–water partition coefficient (Wildman–Crippen LogP) is 16.1. The number of carbonyl (C=O) groups is 3. The number of allylic oxidation sites excluding steroid dienone is 10. The summed E-state index contributed by atoms with van der Waals surface area (Å²) in [6.07, 6.45) is 57.9. The largest absolute Gasteiger partial charge is 0.462 e. The molecule has 0 spiro atoms. The molecule has 0 N–H and O–H groups in total. The second-order valence-corrected chi connectivity index (χ2v) is 16.4. The van der Waals surface area contributed by atoms with Crippen LogP contribution in [-0.4, -0.2) is 37.2 Å². The monoisotopic (exact) mass is 825 g/mol. The van der Waals surface area contributed by atoms with E-state index in [1.54, 1.807) is 0 Å². The van der Waals surface area contributed by atoms with Gasteiger partial charge >= 0.3 is 17.9 Å². The fourth-order valence-electron chi connectivity index (χ4n) is 6.85. The molecule has 0 heterocycles. The molecule has 6 nitrogen and oxygen atoms in total. The van der Waals surface area contributed by atoms with Crippen molar-refractivity contribution < 1.29 is 28.6 Å². The number of carbonyl (C=O) groups excluding carboxylic acids is 3. The molecule has 0 saturated carbocycles. The van der Waals surface area contributed by atoms with Gasteiger partial charge in [0.25, 0.3) is 0 Å². The standard InChI is InChI=1S/C53H92O6/c1-4-7-10-13-16-19-22-25-26-29-31-34-37-40-43-46-52(55)58-49-50(59-53(56)47-44-41-38-35-32-28-24-21-18-15-12-9-6-3)48-57-51(54)45-42-39-36-33-30-27-23-20-17-14-11-8-5-2/h9,12,15,18,21,24,27,30,36,39,50H,4-8,10-11,13-14,16-17,19-20,22-23,25-26,28-29,31-35,37-38,40-49H2,1-3H3/b12-9-,18-15-,24-21-,30-27-,39-36-. The average molecular weight is 825 g/mol. The van der Waals surface area contributed by atoms with Crippen molar-refractivity contribution in [2.45, 2.75) is 245 Å². The molecular formula is C53H92O6. The summed E-state index contributed by atoms with van der Waals surface area (Å²) in [7, 11) is 0. The summed E-state index contributed by atoms with van der Waals surface area (Å²) >= 11 is 0. The van der Waals surface area contributed by atoms with Crippen LogP contribution in [0.5, 0.6) is 0 Å². The second kappa shape index (κ2) is 47.8. The molecule has 0 aromatic rings. The van der Waals surface area contributed by atoms with Crippen LogP contribution in [-0.2, 0) is 28.6 Å². The molecular weight excluding hydrogens is 733 g/mol. The Morgan fingerprint density at radius 3 is 1.25 bits per heavy atom. The summed E-state index contributed by atoms with van der Waals surface area (Å²) in [5, 5.41) is 0. The van der Waals surface area contributed by atoms with Crippen LogP contribution in [0.3, 0.4) is 0 Å². The highest BCUT2D eigenvalue weighted by Crippen LogP contribution is 2.15. The summed E-state index contributed by atoms with van der Waals surface area (Å²) in [5.41, 5.74) is 0. The number of unbranched alkanes of at least 4 members (excludes halogenated alkanes) is 25. The minimum atomic E-state index is -0.804. The number of ether oxygens (including phenoxy) is 3. The van der Waals surface area contributed by atoms with Crippen LogP contribution in [0.25, 0.3) is 0 Å². The van der Waals surface area contributed by atoms with Crippen LogP contribution in [0, 0.1) is 0 Å². The summed E-state index contributed by atoms with van der Waals surface area (Å²) in [6, 6.07) is 0. The van der Waals surface area contributed by atoms with Crippen molar-refractivity contribution in [3.8, 4) is 0 Å². The molecule has 0 radical (unpaired) electrons. The lowest BCUT2D eigenvalue weighted by Crippen LogP contribution is -2.30. The zero-order valence-corrected chi connectivity index (χ0v) is 38.8. The van der Waals surface area contributed by atoms with Gasteiger partial charge in [0.05, 0.1) is 0 Å². The first-order valence-corrected chi connectivity index (χ1v) is 24.8. The first-order chi connectivity index (χ1) is 29.0. The zero-order chi connectivity index (χ0) is 43.0. The predicted molar refractivity (Wildman–Crippen MR) is 251 cm³/mol. The van der Waals surface area contributed by atoms with Gasteiger partial charge in [-0.1, -0.05) is 223 Å². The fourth-order valence-corrected chi connectivity index (χ4v) is 6.85. The maximum atomic E-state index is 12.7. The number of rotatable bonds is 44. The van der Waals surface area contributed by atoms with Gasteiger partial charge in [-0.3, -0.25) is 14.4 Å². The van der Waals surface area contributed by atoms with Crippen LogP contribution < -0.4 is 0 Å². The van der Waals surface area contributed by atoms with Crippen LogP contribution >= 0.6 is 0 Å². The molecule has 6 heteroatoms. The van der Waals surface area contributed by atoms with Crippen LogP contribution in [0.1, 0.15) is 239 Å². The maximum Gasteiger partial charge on any atom is 0.306 e. The van der Waals surface area contributed by atoms with Gasteiger partial charge in [0.1, 0.15) is 13.2 Å². The molecule has 1 atom stereocenters. The van der Waals surface area contributed by atoms with E-state index in [4.69, 9.17) is 14.2 Å². The van der Waals surface area contributed by atoms with Crippen LogP contribution in [0.15, 0.2) is 60.8 Å². The Morgan fingerprint density at radius 1 is 0.373 bits per heavy atom. The number of hydrogen-bond donors (Lipinski definition) is 0. The van der Waals surface area contributed by atoms with Gasteiger partial charge in [-0.05, 0) is 57.8 Å². The van der Waals surface area contributed by atoms with E-state index in [2.05, 4.69) is 75.5 Å². The van der Waals surface area contributed by atoms with Crippen molar-refractivity contribution in [1.29, 1.82) is 0 Å². The number of esters is 3. The van der Waals surface area contributed by atoms with Crippen molar-refractivity contribution in [3.05, 3.63) is 60.8 Å². The molecule has 1 unspecified atom stereocenters. The topological polar surface area (TPSA) is 78.9 Å². The quantitative estimate of drug-likeness (QED) is 0.0200. The lowest BCUT2D eigenvalue weighted by Gasteiger charge is -2.18. The van der Waals surface area contributed by atoms with E-state index in [-0.39, 0.29) is 37.5 Å². The third kappa shape index (κ3) is 46.0. The summed E-state index contributed by atoms with van der Waals surface area (Å²) in [4.78, 5) is 37.8. The fraction of sp³-hybridized carbons (Fsp3) is 0.755. The normalized spacial score (nSPS) is 12.5. The average Bonchev–Trinajstić information content (AvgIpc) is 3.23. The molecule has 340 valence electrons. The molecule has 0 fully saturated rings. The molecule has 0 aliphatic heterocycles. The van der Waals surface area contributed by atoms with E-state index in [0.717, 1.165) is 77.0 Å². The Labute approximate surface area is 364 Å². The van der Waals surface area contributed by atoms with E-state index in [1.807, 2.05) is 6.08 Å². The summed E-state index contributed by atoms with van der Waals surface area (Å²) < 4.78 is 16.7. The Hall–Kier alpha value is -2.89. The first kappa shape index (κ1) is 56.1. The SMILES string of the molecule is CC\C=C/C=C\C=C/CCCCCCCC(=O)OC(COC(=O)CC/C=C\C/C=C\CCCCCCCC)COC(=O)CCCCCCCCCCCCCCCCC. The minimum absolute atomic E-state index is 0.0980. The Bertz CT molecular complexity index is 1090. The molecule has 0 aromatic carbocycles. The molecule has 0 bridgehead atoms. The van der Waals surface area contributed by atoms with E-state index < -0.39 is 6.10 Å². The number of hydrogen-bond acceptors (Lipinski definition) is 6. The molecule has 0 aliphatic rings. The van der Waals surface area contributed by atoms with E-state index in [9.17, 15) is 14.4 Å². The summed E-state index contributed by atoms with van der Waals surface area (Å²) in [5.74, 6) is -0.987. The van der Waals surface area contributed by atoms with Gasteiger partial charge in [0.2, 0.25) is 0 Å². The molecule has 0 saturated heterocycles. The lowest BCUT2D eigenvalue weighted by atomic mass is 10.0. The third-order valence-electron chi connectivity index (χ3n) is 10.6. The van der Waals surface area contributed by atoms with Gasteiger partial charge in [0, 0.05) is 19.3 Å². The first-order valence-electron chi connectivity index (χ1n) is 24.8. The molecule has 0 aliphatic carbocycles. The van der Waals surface area contributed by atoms with Gasteiger partial charge in [0.15, 0.2) is 6.10 Å². The molecule has 0 aromatic heterocycles. The highest BCUT2D eigenvalue weighted by Gasteiger charge is 2.19. The van der Waals surface area contributed by atoms with E-state index in [1.165, 1.54) is 116 Å². The smallest absolute Gasteiger partial charge is 0.306 e. The Morgan fingerprint density at radius 2 is 0.763 bits per heavy atom. The highest BCUT2D eigenvalue weighted by atomic mass is 16.6. The molecule has 59 heavy (non-hydrogen) atoms. The Balaban J connectivity index is 4.45. The van der Waals surface area contributed by atoms with Gasteiger partial charge in [-0.25, -0.2) is 0 Å². The third-order valence-corrected chi connectivity index (χ3v) is 10.6. The minimum Gasteiger partial charge on any atom is -0.462 e. The molecule has 0 amide bonds. The van der Waals surface area contributed by atoms with Crippen molar-refractivity contribution in [2.75, 3.05) is 13.2 Å². The van der Waals surface area contributed by atoms with Crippen molar-refractivity contribution >= 4 is 17.9 Å². The van der Waals surface area contributed by atoms with E-state index in [0.29, 0.717) is 19.3 Å². The van der Waals surface area contributed by atoms with Crippen molar-refractivity contribution in [1.82, 2.24) is 0 Å². The van der Waals surface area contributed by atoms with Gasteiger partial charge < -0.3 is 14.2 Å². The van der Waals surface area contributed by atoms with Gasteiger partial charge in [-0.2, -0.15) is 0 Å². The molecule has 0 rings (SSSR count). The van der Waals surface area contributed by atoms with Gasteiger partial charge in [-0.15, -0.1) is 0 Å². The zero-order valence-electron chi connectivity index (χ0n) is 38.8. The van der Waals surface area contributed by atoms with Crippen molar-refractivity contribution in [3.63, 3.8) is 0 Å². The van der Waals surface area contributed by atoms with Crippen molar-refractivity contribution in [2.24, 2.45) is 0 Å². The summed E-state index contributed by atoms with van der Waals surface area (Å²) in [6.45, 7) is 6.43. The van der Waals surface area contributed by atoms with Crippen LogP contribution in [0.4, 0.5) is 0 Å². The second-order valence-electron chi connectivity index (χ2n) is 16.4. The van der Waals surface area contributed by atoms with Crippen LogP contribution in [0.2, 0.25) is 0 Å².